The Hall–Kier alpha value is -3.43. The van der Waals surface area contributed by atoms with Gasteiger partial charge in [-0.2, -0.15) is 0 Å². The van der Waals surface area contributed by atoms with E-state index in [4.69, 9.17) is 11.6 Å². The third-order valence-corrected chi connectivity index (χ3v) is 5.88. The van der Waals surface area contributed by atoms with Crippen molar-refractivity contribution in [3.8, 4) is 0 Å². The first-order valence-electron chi connectivity index (χ1n) is 8.62. The van der Waals surface area contributed by atoms with Gasteiger partial charge < -0.3 is 5.32 Å². The second-order valence-corrected chi connectivity index (χ2v) is 8.39. The summed E-state index contributed by atoms with van der Waals surface area (Å²) in [5, 5.41) is 14.1. The van der Waals surface area contributed by atoms with Crippen LogP contribution in [0.3, 0.4) is 0 Å². The van der Waals surface area contributed by atoms with Crippen LogP contribution < -0.4 is 10.0 Å². The normalized spacial score (nSPS) is 11.0. The van der Waals surface area contributed by atoms with E-state index in [1.807, 2.05) is 0 Å². The van der Waals surface area contributed by atoms with Gasteiger partial charge in [-0.3, -0.25) is 19.6 Å². The van der Waals surface area contributed by atoms with Gasteiger partial charge >= 0.3 is 0 Å². The van der Waals surface area contributed by atoms with Crippen LogP contribution in [0, 0.1) is 17.0 Å². The summed E-state index contributed by atoms with van der Waals surface area (Å²) in [6.07, 6.45) is 0. The van der Waals surface area contributed by atoms with E-state index in [0.717, 1.165) is 0 Å². The van der Waals surface area contributed by atoms with Crippen LogP contribution >= 0.6 is 11.6 Å². The summed E-state index contributed by atoms with van der Waals surface area (Å²) in [4.78, 5) is 23.2. The van der Waals surface area contributed by atoms with Gasteiger partial charge in [0.25, 0.3) is 21.6 Å². The molecular formula is C20H16ClN3O5S. The minimum Gasteiger partial charge on any atom is -0.322 e. The number of rotatable bonds is 6. The van der Waals surface area contributed by atoms with Crippen LogP contribution in [0.2, 0.25) is 5.02 Å². The molecule has 0 unspecified atom stereocenters. The van der Waals surface area contributed by atoms with E-state index in [1.165, 1.54) is 55.5 Å². The first kappa shape index (κ1) is 21.3. The molecule has 0 fully saturated rings. The molecule has 0 saturated heterocycles. The van der Waals surface area contributed by atoms with Crippen LogP contribution in [0.25, 0.3) is 0 Å². The average molecular weight is 446 g/mol. The quantitative estimate of drug-likeness (QED) is 0.424. The standard InChI is InChI=1S/C20H16ClN3O5S/c1-13-6-4-9-16(19(13)24(26)27)20(25)22-14-7-5-8-15(12-14)30(28,29)23-18-11-3-2-10-17(18)21/h2-12,23H,1H3,(H,22,25). The molecule has 0 heterocycles. The molecule has 2 N–H and O–H groups in total. The molecule has 10 heteroatoms. The van der Waals surface area contributed by atoms with Gasteiger partial charge in [-0.25, -0.2) is 8.42 Å². The molecule has 154 valence electrons. The predicted molar refractivity (Wildman–Crippen MR) is 114 cm³/mol. The molecule has 0 atom stereocenters. The van der Waals surface area contributed by atoms with Gasteiger partial charge in [0.05, 0.1) is 20.5 Å². The second-order valence-electron chi connectivity index (χ2n) is 6.30. The number of anilines is 2. The molecule has 0 aliphatic rings. The number of aryl methyl sites for hydroxylation is 1. The minimum atomic E-state index is -3.98. The molecular weight excluding hydrogens is 430 g/mol. The maximum Gasteiger partial charge on any atom is 0.285 e. The fourth-order valence-electron chi connectivity index (χ4n) is 2.77. The second kappa shape index (κ2) is 8.52. The van der Waals surface area contributed by atoms with Crippen molar-refractivity contribution in [3.63, 3.8) is 0 Å². The number of para-hydroxylation sites is 2. The van der Waals surface area contributed by atoms with Gasteiger partial charge in [0.15, 0.2) is 0 Å². The summed E-state index contributed by atoms with van der Waals surface area (Å²) in [7, 11) is -3.98. The van der Waals surface area contributed by atoms with E-state index >= 15 is 0 Å². The van der Waals surface area contributed by atoms with Gasteiger partial charge in [-0.1, -0.05) is 41.9 Å². The van der Waals surface area contributed by atoms with Crippen molar-refractivity contribution in [1.82, 2.24) is 0 Å². The van der Waals surface area contributed by atoms with Gasteiger partial charge in [-0.15, -0.1) is 0 Å². The van der Waals surface area contributed by atoms with E-state index in [2.05, 4.69) is 10.0 Å². The number of halogens is 1. The number of benzene rings is 3. The van der Waals surface area contributed by atoms with Crippen molar-refractivity contribution in [2.24, 2.45) is 0 Å². The molecule has 1 amide bonds. The van der Waals surface area contributed by atoms with Crippen LogP contribution in [0.4, 0.5) is 17.1 Å². The van der Waals surface area contributed by atoms with Crippen molar-refractivity contribution in [2.45, 2.75) is 11.8 Å². The molecule has 0 saturated carbocycles. The summed E-state index contributed by atoms with van der Waals surface area (Å²) in [6.45, 7) is 1.53. The number of nitrogens with zero attached hydrogens (tertiary/aromatic N) is 1. The van der Waals surface area contributed by atoms with E-state index in [0.29, 0.717) is 5.56 Å². The van der Waals surface area contributed by atoms with Crippen LogP contribution in [0.5, 0.6) is 0 Å². The van der Waals surface area contributed by atoms with Crippen molar-refractivity contribution in [3.05, 3.63) is 93.0 Å². The van der Waals surface area contributed by atoms with Gasteiger partial charge in [0.1, 0.15) is 5.56 Å². The number of carbonyl (C=O) groups excluding carboxylic acids is 1. The van der Waals surface area contributed by atoms with E-state index in [-0.39, 0.29) is 32.5 Å². The zero-order valence-corrected chi connectivity index (χ0v) is 17.2. The molecule has 3 rings (SSSR count). The summed E-state index contributed by atoms with van der Waals surface area (Å²) in [6, 6.07) is 16.3. The summed E-state index contributed by atoms with van der Waals surface area (Å²) in [5.41, 5.74) is 0.288. The van der Waals surface area contributed by atoms with E-state index in [9.17, 15) is 23.3 Å². The largest absolute Gasteiger partial charge is 0.322 e. The van der Waals surface area contributed by atoms with Crippen molar-refractivity contribution < 1.29 is 18.1 Å². The van der Waals surface area contributed by atoms with Crippen LogP contribution in [0.1, 0.15) is 15.9 Å². The number of hydrogen-bond acceptors (Lipinski definition) is 5. The Balaban J connectivity index is 1.88. The Kier molecular flexibility index (Phi) is 6.04. The number of nitro benzene ring substituents is 1. The smallest absolute Gasteiger partial charge is 0.285 e. The Bertz CT molecular complexity index is 1240. The summed E-state index contributed by atoms with van der Waals surface area (Å²) < 4.78 is 27.7. The highest BCUT2D eigenvalue weighted by Crippen LogP contribution is 2.26. The Morgan fingerprint density at radius 3 is 2.43 bits per heavy atom. The van der Waals surface area contributed by atoms with E-state index in [1.54, 1.807) is 18.2 Å². The molecule has 3 aromatic carbocycles. The van der Waals surface area contributed by atoms with Crippen molar-refractivity contribution >= 4 is 44.6 Å². The highest BCUT2D eigenvalue weighted by atomic mass is 35.5. The average Bonchev–Trinajstić information content (AvgIpc) is 2.69. The molecule has 0 aliphatic carbocycles. The maximum atomic E-state index is 12.7. The third-order valence-electron chi connectivity index (χ3n) is 4.19. The Morgan fingerprint density at radius 2 is 1.73 bits per heavy atom. The third kappa shape index (κ3) is 4.58. The van der Waals surface area contributed by atoms with E-state index < -0.39 is 20.9 Å². The Labute approximate surface area is 177 Å². The predicted octanol–water partition coefficient (Wildman–Crippen LogP) is 4.61. The molecule has 0 aliphatic heterocycles. The van der Waals surface area contributed by atoms with Crippen LogP contribution in [-0.4, -0.2) is 19.2 Å². The lowest BCUT2D eigenvalue weighted by Gasteiger charge is -2.11. The molecule has 3 aromatic rings. The zero-order valence-electron chi connectivity index (χ0n) is 15.6. The number of amides is 1. The molecule has 8 nitrogen and oxygen atoms in total. The molecule has 0 radical (unpaired) electrons. The van der Waals surface area contributed by atoms with Gasteiger partial charge in [-0.05, 0) is 43.3 Å². The monoisotopic (exact) mass is 445 g/mol. The topological polar surface area (TPSA) is 118 Å². The fraction of sp³-hybridized carbons (Fsp3) is 0.0500. The van der Waals surface area contributed by atoms with Crippen LogP contribution in [-0.2, 0) is 10.0 Å². The number of sulfonamides is 1. The lowest BCUT2D eigenvalue weighted by Crippen LogP contribution is -2.16. The fourth-order valence-corrected chi connectivity index (χ4v) is 4.14. The number of carbonyl (C=O) groups is 1. The molecule has 0 aromatic heterocycles. The van der Waals surface area contributed by atoms with Gasteiger partial charge in [0, 0.05) is 11.3 Å². The number of nitrogens with one attached hydrogen (secondary N) is 2. The van der Waals surface area contributed by atoms with Gasteiger partial charge in [0.2, 0.25) is 0 Å². The zero-order chi connectivity index (χ0) is 21.9. The summed E-state index contributed by atoms with van der Waals surface area (Å²) >= 11 is 6.00. The maximum absolute atomic E-state index is 12.7. The molecule has 0 bridgehead atoms. The molecule has 0 spiro atoms. The highest BCUT2D eigenvalue weighted by molar-refractivity contribution is 7.92. The lowest BCUT2D eigenvalue weighted by molar-refractivity contribution is -0.385. The van der Waals surface area contributed by atoms with Crippen LogP contribution in [0.15, 0.2) is 71.6 Å². The van der Waals surface area contributed by atoms with Crippen molar-refractivity contribution in [1.29, 1.82) is 0 Å². The summed E-state index contributed by atoms with van der Waals surface area (Å²) in [5.74, 6) is -0.723. The molecule has 30 heavy (non-hydrogen) atoms. The minimum absolute atomic E-state index is 0.112. The lowest BCUT2D eigenvalue weighted by atomic mass is 10.1. The SMILES string of the molecule is Cc1cccc(C(=O)Nc2cccc(S(=O)(=O)Nc3ccccc3Cl)c2)c1[N+](=O)[O-]. The number of hydrogen-bond donors (Lipinski definition) is 2. The highest BCUT2D eigenvalue weighted by Gasteiger charge is 2.23. The number of nitro groups is 1. The van der Waals surface area contributed by atoms with Crippen molar-refractivity contribution in [2.75, 3.05) is 10.0 Å². The Morgan fingerprint density at radius 1 is 1.03 bits per heavy atom. The first-order chi connectivity index (χ1) is 14.2. The first-order valence-corrected chi connectivity index (χ1v) is 10.5.